The second-order valence-electron chi connectivity index (χ2n) is 6.39. The summed E-state index contributed by atoms with van der Waals surface area (Å²) in [5.41, 5.74) is 2.77. The van der Waals surface area contributed by atoms with Crippen LogP contribution in [0.2, 0.25) is 0 Å². The average Bonchev–Trinajstić information content (AvgIpc) is 3.35. The van der Waals surface area contributed by atoms with Gasteiger partial charge in [0.1, 0.15) is 6.10 Å². The van der Waals surface area contributed by atoms with E-state index in [4.69, 9.17) is 4.74 Å². The molecule has 2 aliphatic heterocycles. The van der Waals surface area contributed by atoms with Crippen LogP contribution in [0.5, 0.6) is 0 Å². The quantitative estimate of drug-likeness (QED) is 0.916. The van der Waals surface area contributed by atoms with Crippen molar-refractivity contribution in [3.8, 4) is 0 Å². The first-order valence-corrected chi connectivity index (χ1v) is 9.47. The van der Waals surface area contributed by atoms with Crippen LogP contribution < -0.4 is 10.2 Å². The van der Waals surface area contributed by atoms with Crippen molar-refractivity contribution in [2.24, 2.45) is 0 Å². The van der Waals surface area contributed by atoms with Gasteiger partial charge in [-0.15, -0.1) is 11.3 Å². The maximum atomic E-state index is 12.7. The molecule has 3 heterocycles. The Balaban J connectivity index is 1.48. The zero-order valence-corrected chi connectivity index (χ0v) is 14.7. The van der Waals surface area contributed by atoms with Gasteiger partial charge in [-0.1, -0.05) is 12.1 Å². The van der Waals surface area contributed by atoms with Gasteiger partial charge in [0.15, 0.2) is 0 Å². The third-order valence-corrected chi connectivity index (χ3v) is 5.53. The largest absolute Gasteiger partial charge is 0.368 e. The highest BCUT2D eigenvalue weighted by atomic mass is 32.1. The van der Waals surface area contributed by atoms with E-state index >= 15 is 0 Å². The molecule has 1 saturated heterocycles. The lowest BCUT2D eigenvalue weighted by Gasteiger charge is -2.21. The van der Waals surface area contributed by atoms with E-state index in [1.165, 1.54) is 0 Å². The molecule has 0 spiro atoms. The highest BCUT2D eigenvalue weighted by molar-refractivity contribution is 7.10. The first-order chi connectivity index (χ1) is 12.2. The van der Waals surface area contributed by atoms with E-state index in [9.17, 15) is 9.59 Å². The van der Waals surface area contributed by atoms with E-state index in [0.29, 0.717) is 19.6 Å². The zero-order chi connectivity index (χ0) is 17.2. The Hall–Kier alpha value is -2.18. The highest BCUT2D eigenvalue weighted by Gasteiger charge is 2.32. The van der Waals surface area contributed by atoms with Crippen LogP contribution in [0, 0.1) is 0 Å². The predicted molar refractivity (Wildman–Crippen MR) is 98.1 cm³/mol. The van der Waals surface area contributed by atoms with Gasteiger partial charge in [-0.25, -0.2) is 0 Å². The Bertz CT molecular complexity index is 782. The van der Waals surface area contributed by atoms with E-state index in [2.05, 4.69) is 5.32 Å². The van der Waals surface area contributed by atoms with Crippen molar-refractivity contribution in [1.29, 1.82) is 0 Å². The maximum Gasteiger partial charge on any atom is 0.256 e. The summed E-state index contributed by atoms with van der Waals surface area (Å²) in [6.07, 6.45) is 2.63. The summed E-state index contributed by atoms with van der Waals surface area (Å²) in [7, 11) is 0. The summed E-state index contributed by atoms with van der Waals surface area (Å²) >= 11 is 1.57. The van der Waals surface area contributed by atoms with Crippen LogP contribution in [0.15, 0.2) is 35.7 Å². The molecule has 2 amide bonds. The van der Waals surface area contributed by atoms with E-state index in [1.807, 2.05) is 35.7 Å². The Labute approximate surface area is 150 Å². The molecular weight excluding hydrogens is 336 g/mol. The van der Waals surface area contributed by atoms with Gasteiger partial charge in [0.25, 0.3) is 5.91 Å². The topological polar surface area (TPSA) is 58.6 Å². The van der Waals surface area contributed by atoms with Crippen LogP contribution in [-0.4, -0.2) is 31.1 Å². The van der Waals surface area contributed by atoms with Gasteiger partial charge < -0.3 is 15.0 Å². The summed E-state index contributed by atoms with van der Waals surface area (Å²) < 4.78 is 5.54. The molecule has 25 heavy (non-hydrogen) atoms. The number of hydrogen-bond acceptors (Lipinski definition) is 4. The first-order valence-electron chi connectivity index (χ1n) is 8.59. The minimum atomic E-state index is -0.317. The molecule has 1 atom stereocenters. The minimum Gasteiger partial charge on any atom is -0.368 e. The van der Waals surface area contributed by atoms with E-state index in [0.717, 1.165) is 41.1 Å². The third-order valence-electron chi connectivity index (χ3n) is 4.65. The number of nitrogens with one attached hydrogen (secondary N) is 1. The molecule has 2 aromatic rings. The molecule has 1 aromatic carbocycles. The fourth-order valence-electron chi connectivity index (χ4n) is 3.41. The van der Waals surface area contributed by atoms with Crippen molar-refractivity contribution in [1.82, 2.24) is 0 Å². The predicted octanol–water partition coefficient (Wildman–Crippen LogP) is 3.00. The molecule has 0 unspecified atom stereocenters. The Morgan fingerprint density at radius 2 is 2.24 bits per heavy atom. The number of ether oxygens (including phenoxy) is 1. The summed E-state index contributed by atoms with van der Waals surface area (Å²) in [5, 5.41) is 4.90. The number of carbonyl (C=O) groups excluding carboxylic acids is 2. The summed E-state index contributed by atoms with van der Waals surface area (Å²) in [6.45, 7) is 1.34. The van der Waals surface area contributed by atoms with Crippen molar-refractivity contribution in [2.75, 3.05) is 23.4 Å². The molecule has 1 fully saturated rings. The summed E-state index contributed by atoms with van der Waals surface area (Å²) in [6, 6.07) is 9.71. The van der Waals surface area contributed by atoms with Crippen LogP contribution in [0.25, 0.3) is 0 Å². The molecule has 1 N–H and O–H groups in total. The molecule has 2 aliphatic rings. The van der Waals surface area contributed by atoms with Gasteiger partial charge in [0.05, 0.1) is 6.42 Å². The van der Waals surface area contributed by atoms with Gasteiger partial charge in [-0.05, 0) is 48.4 Å². The standard InChI is InChI=1S/C19H20N2O3S/c22-18(12-15-3-2-10-25-15)20-14-6-5-13-7-8-21(16(13)11-14)19(23)17-4-1-9-24-17/h2-3,5-6,10-11,17H,1,4,7-9,12H2,(H,20,22)/t17-/m0/s1. The van der Waals surface area contributed by atoms with Gasteiger partial charge in [-0.3, -0.25) is 9.59 Å². The van der Waals surface area contributed by atoms with Crippen LogP contribution >= 0.6 is 11.3 Å². The molecule has 1 aromatic heterocycles. The van der Waals surface area contributed by atoms with Crippen molar-refractivity contribution in [2.45, 2.75) is 31.8 Å². The Morgan fingerprint density at radius 3 is 3.00 bits per heavy atom. The number of carbonyl (C=O) groups is 2. The Morgan fingerprint density at radius 1 is 1.32 bits per heavy atom. The molecule has 0 bridgehead atoms. The number of anilines is 2. The fourth-order valence-corrected chi connectivity index (χ4v) is 4.11. The number of fused-ring (bicyclic) bond motifs is 1. The summed E-state index contributed by atoms with van der Waals surface area (Å²) in [5.74, 6) is -0.00397. The van der Waals surface area contributed by atoms with Crippen molar-refractivity contribution in [3.63, 3.8) is 0 Å². The van der Waals surface area contributed by atoms with E-state index < -0.39 is 0 Å². The van der Waals surface area contributed by atoms with Gasteiger partial charge in [0, 0.05) is 29.4 Å². The van der Waals surface area contributed by atoms with E-state index in [-0.39, 0.29) is 17.9 Å². The van der Waals surface area contributed by atoms with Gasteiger partial charge in [0.2, 0.25) is 5.91 Å². The van der Waals surface area contributed by atoms with Gasteiger partial charge in [-0.2, -0.15) is 0 Å². The molecule has 5 nitrogen and oxygen atoms in total. The number of hydrogen-bond donors (Lipinski definition) is 1. The first kappa shape index (κ1) is 16.3. The SMILES string of the molecule is O=C(Cc1cccs1)Nc1ccc2c(c1)N(C(=O)[C@@H]1CCCO1)CC2. The fraction of sp³-hybridized carbons (Fsp3) is 0.368. The molecule has 4 rings (SSSR count). The van der Waals surface area contributed by atoms with Crippen LogP contribution in [0.4, 0.5) is 11.4 Å². The van der Waals surface area contributed by atoms with Crippen LogP contribution in [0.3, 0.4) is 0 Å². The van der Waals surface area contributed by atoms with Crippen LogP contribution in [0.1, 0.15) is 23.3 Å². The second-order valence-corrected chi connectivity index (χ2v) is 7.42. The van der Waals surface area contributed by atoms with Crippen LogP contribution in [-0.2, 0) is 27.2 Å². The number of nitrogens with zero attached hydrogens (tertiary/aromatic N) is 1. The smallest absolute Gasteiger partial charge is 0.256 e. The molecule has 0 saturated carbocycles. The van der Waals surface area contributed by atoms with Crippen molar-refractivity contribution < 1.29 is 14.3 Å². The maximum absolute atomic E-state index is 12.7. The Kier molecular flexibility index (Phi) is 4.55. The lowest BCUT2D eigenvalue weighted by molar-refractivity contribution is -0.127. The molecule has 0 radical (unpaired) electrons. The molecule has 6 heteroatoms. The zero-order valence-electron chi connectivity index (χ0n) is 13.9. The average molecular weight is 356 g/mol. The molecule has 0 aliphatic carbocycles. The molecular formula is C19H20N2O3S. The highest BCUT2D eigenvalue weighted by Crippen LogP contribution is 2.32. The van der Waals surface area contributed by atoms with Gasteiger partial charge >= 0.3 is 0 Å². The second kappa shape index (κ2) is 6.98. The monoisotopic (exact) mass is 356 g/mol. The third kappa shape index (κ3) is 3.45. The number of amides is 2. The molecule has 130 valence electrons. The van der Waals surface area contributed by atoms with E-state index in [1.54, 1.807) is 16.2 Å². The number of thiophene rings is 1. The lowest BCUT2D eigenvalue weighted by Crippen LogP contribution is -2.37. The number of benzene rings is 1. The minimum absolute atomic E-state index is 0.0401. The summed E-state index contributed by atoms with van der Waals surface area (Å²) in [4.78, 5) is 27.7. The van der Waals surface area contributed by atoms with Crippen molar-refractivity contribution >= 4 is 34.5 Å². The van der Waals surface area contributed by atoms with Crippen molar-refractivity contribution in [3.05, 3.63) is 46.2 Å². The number of rotatable bonds is 4. The normalized spacial score (nSPS) is 19.0. The lowest BCUT2D eigenvalue weighted by atomic mass is 10.1.